The Morgan fingerprint density at radius 1 is 0.886 bits per heavy atom. The van der Waals surface area contributed by atoms with Crippen molar-refractivity contribution in [1.82, 2.24) is 4.98 Å². The molecular formula is C28H41FN4O2. The van der Waals surface area contributed by atoms with Crippen LogP contribution in [0.5, 0.6) is 0 Å². The number of piperidine rings is 2. The maximum atomic E-state index is 13.8. The molecule has 3 aliphatic heterocycles. The zero-order valence-electron chi connectivity index (χ0n) is 21.4. The molecule has 0 bridgehead atoms. The van der Waals surface area contributed by atoms with Gasteiger partial charge in [0.15, 0.2) is 0 Å². The third kappa shape index (κ3) is 6.64. The summed E-state index contributed by atoms with van der Waals surface area (Å²) in [7, 11) is 1.67. The van der Waals surface area contributed by atoms with Gasteiger partial charge in [-0.1, -0.05) is 6.07 Å². The average molecular weight is 485 g/mol. The fraction of sp³-hybridized carbons (Fsp3) is 0.607. The van der Waals surface area contributed by atoms with Crippen LogP contribution in [0.25, 0.3) is 0 Å². The van der Waals surface area contributed by atoms with Crippen LogP contribution in [0.2, 0.25) is 0 Å². The molecule has 4 heterocycles. The number of halogens is 1. The van der Waals surface area contributed by atoms with Gasteiger partial charge >= 0.3 is 0 Å². The number of ether oxygens (including phenoxy) is 2. The third-order valence-electron chi connectivity index (χ3n) is 7.33. The van der Waals surface area contributed by atoms with Crippen LogP contribution in [0.4, 0.5) is 21.6 Å². The molecule has 1 aromatic heterocycles. The largest absolute Gasteiger partial charge is 0.382 e. The molecule has 0 amide bonds. The molecule has 35 heavy (non-hydrogen) atoms. The summed E-state index contributed by atoms with van der Waals surface area (Å²) in [5, 5.41) is 0. The van der Waals surface area contributed by atoms with E-state index in [2.05, 4.69) is 26.8 Å². The molecule has 0 spiro atoms. The smallest absolute Gasteiger partial charge is 0.130 e. The lowest BCUT2D eigenvalue weighted by molar-refractivity contribution is 0.0777. The zero-order valence-corrected chi connectivity index (χ0v) is 21.4. The molecular weight excluding hydrogens is 443 g/mol. The van der Waals surface area contributed by atoms with Crippen LogP contribution >= 0.6 is 0 Å². The highest BCUT2D eigenvalue weighted by molar-refractivity contribution is 5.58. The number of hydrogen-bond acceptors (Lipinski definition) is 6. The Hall–Kier alpha value is -2.38. The molecule has 2 unspecified atom stereocenters. The first-order chi connectivity index (χ1) is 17.2. The molecule has 3 saturated heterocycles. The molecule has 192 valence electrons. The van der Waals surface area contributed by atoms with Gasteiger partial charge in [-0.15, -0.1) is 0 Å². The van der Waals surface area contributed by atoms with Gasteiger partial charge in [0.1, 0.15) is 11.6 Å². The van der Waals surface area contributed by atoms with E-state index in [4.69, 9.17) is 14.5 Å². The number of rotatable bonds is 7. The Labute approximate surface area is 210 Å². The van der Waals surface area contributed by atoms with Gasteiger partial charge in [-0.3, -0.25) is 0 Å². The number of methoxy groups -OCH3 is 1. The maximum absolute atomic E-state index is 13.8. The fourth-order valence-corrected chi connectivity index (χ4v) is 5.65. The maximum Gasteiger partial charge on any atom is 0.130 e. The van der Waals surface area contributed by atoms with Crippen molar-refractivity contribution in [2.24, 2.45) is 0 Å². The van der Waals surface area contributed by atoms with Crippen LogP contribution in [0.15, 0.2) is 42.6 Å². The van der Waals surface area contributed by atoms with Gasteiger partial charge in [0, 0.05) is 63.5 Å². The summed E-state index contributed by atoms with van der Waals surface area (Å²) in [5.74, 6) is 0.960. The first kappa shape index (κ1) is 25.7. The second kappa shape index (κ2) is 13.1. The minimum atomic E-state index is -0.148. The molecule has 6 nitrogen and oxygen atoms in total. The molecule has 2 atom stereocenters. The van der Waals surface area contributed by atoms with E-state index in [0.717, 1.165) is 57.1 Å². The second-order valence-electron chi connectivity index (χ2n) is 9.54. The summed E-state index contributed by atoms with van der Waals surface area (Å²) in [5.41, 5.74) is 2.33. The van der Waals surface area contributed by atoms with Crippen molar-refractivity contribution in [1.29, 1.82) is 0 Å². The van der Waals surface area contributed by atoms with Gasteiger partial charge in [0.05, 0.1) is 25.3 Å². The summed E-state index contributed by atoms with van der Waals surface area (Å²) in [6, 6.07) is 12.4. The monoisotopic (exact) mass is 484 g/mol. The highest BCUT2D eigenvalue weighted by Gasteiger charge is 2.41. The average Bonchev–Trinajstić information content (AvgIpc) is 3.34. The molecule has 7 heteroatoms. The SMILES string of the molecule is CCOCCOC.Fc1cccc(N2CCCC3C2CCN3c2cc(N3CCCCC3)ccn2)c1. The first-order valence-electron chi connectivity index (χ1n) is 13.3. The number of nitrogens with zero attached hydrogens (tertiary/aromatic N) is 4. The number of anilines is 3. The predicted molar refractivity (Wildman–Crippen MR) is 141 cm³/mol. The van der Waals surface area contributed by atoms with Crippen LogP contribution in [0.1, 0.15) is 45.4 Å². The van der Waals surface area contributed by atoms with E-state index < -0.39 is 0 Å². The van der Waals surface area contributed by atoms with Gasteiger partial charge in [-0.2, -0.15) is 0 Å². The highest BCUT2D eigenvalue weighted by Crippen LogP contribution is 2.37. The Bertz CT molecular complexity index is 904. The number of aromatic nitrogens is 1. The molecule has 0 N–H and O–H groups in total. The van der Waals surface area contributed by atoms with E-state index >= 15 is 0 Å². The van der Waals surface area contributed by atoms with Crippen molar-refractivity contribution in [2.45, 2.75) is 57.5 Å². The predicted octanol–water partition coefficient (Wildman–Crippen LogP) is 5.13. The Morgan fingerprint density at radius 3 is 2.49 bits per heavy atom. The van der Waals surface area contributed by atoms with Gasteiger partial charge in [-0.05, 0) is 69.7 Å². The molecule has 3 fully saturated rings. The van der Waals surface area contributed by atoms with Gasteiger partial charge in [0.25, 0.3) is 0 Å². The standard InChI is InChI=1S/C23H29FN4.C5H12O2/c24-18-6-4-7-20(16-18)27-14-5-8-21-22(27)10-15-28(21)23-17-19(9-11-25-23)26-12-2-1-3-13-26;1-3-7-5-4-6-2/h4,6-7,9,11,16-17,21-22H,1-3,5,8,10,12-15H2;3-5H2,1-2H3. The van der Waals surface area contributed by atoms with Crippen molar-refractivity contribution < 1.29 is 13.9 Å². The van der Waals surface area contributed by atoms with Crippen molar-refractivity contribution in [2.75, 3.05) is 67.8 Å². The fourth-order valence-electron chi connectivity index (χ4n) is 5.65. The van der Waals surface area contributed by atoms with Gasteiger partial charge < -0.3 is 24.2 Å². The molecule has 0 radical (unpaired) electrons. The zero-order chi connectivity index (χ0) is 24.5. The molecule has 5 rings (SSSR count). The Kier molecular flexibility index (Phi) is 9.60. The summed E-state index contributed by atoms with van der Waals surface area (Å²) in [4.78, 5) is 12.2. The number of benzene rings is 1. The second-order valence-corrected chi connectivity index (χ2v) is 9.54. The number of fused-ring (bicyclic) bond motifs is 1. The van der Waals surface area contributed by atoms with Crippen molar-refractivity contribution in [3.8, 4) is 0 Å². The minimum Gasteiger partial charge on any atom is -0.382 e. The van der Waals surface area contributed by atoms with Crippen LogP contribution in [0, 0.1) is 5.82 Å². The van der Waals surface area contributed by atoms with Crippen LogP contribution in [-0.4, -0.2) is 70.2 Å². The lowest BCUT2D eigenvalue weighted by atomic mass is 9.96. The van der Waals surface area contributed by atoms with E-state index in [1.54, 1.807) is 13.2 Å². The molecule has 0 saturated carbocycles. The van der Waals surface area contributed by atoms with Crippen LogP contribution in [-0.2, 0) is 9.47 Å². The summed E-state index contributed by atoms with van der Waals surface area (Å²) in [6.45, 7) is 8.52. The van der Waals surface area contributed by atoms with E-state index in [1.807, 2.05) is 25.3 Å². The normalized spacial score (nSPS) is 22.0. The molecule has 3 aliphatic rings. The van der Waals surface area contributed by atoms with E-state index in [-0.39, 0.29) is 5.82 Å². The first-order valence-corrected chi connectivity index (χ1v) is 13.3. The quantitative estimate of drug-likeness (QED) is 0.508. The number of pyridine rings is 1. The summed E-state index contributed by atoms with van der Waals surface area (Å²) >= 11 is 0. The Balaban J connectivity index is 0.000000364. The van der Waals surface area contributed by atoms with Crippen molar-refractivity contribution >= 4 is 17.2 Å². The van der Waals surface area contributed by atoms with Crippen LogP contribution in [0.3, 0.4) is 0 Å². The van der Waals surface area contributed by atoms with Gasteiger partial charge in [-0.25, -0.2) is 9.37 Å². The minimum absolute atomic E-state index is 0.148. The Morgan fingerprint density at radius 2 is 1.71 bits per heavy atom. The van der Waals surface area contributed by atoms with Crippen molar-refractivity contribution in [3.63, 3.8) is 0 Å². The van der Waals surface area contributed by atoms with Crippen LogP contribution < -0.4 is 14.7 Å². The van der Waals surface area contributed by atoms with Gasteiger partial charge in [0.2, 0.25) is 0 Å². The lowest BCUT2D eigenvalue weighted by Crippen LogP contribution is -2.50. The van der Waals surface area contributed by atoms with E-state index in [0.29, 0.717) is 25.3 Å². The van der Waals surface area contributed by atoms with E-state index in [1.165, 1.54) is 37.4 Å². The number of hydrogen-bond donors (Lipinski definition) is 0. The lowest BCUT2D eigenvalue weighted by Gasteiger charge is -2.41. The van der Waals surface area contributed by atoms with E-state index in [9.17, 15) is 4.39 Å². The third-order valence-corrected chi connectivity index (χ3v) is 7.33. The van der Waals surface area contributed by atoms with Crippen molar-refractivity contribution in [3.05, 3.63) is 48.4 Å². The molecule has 1 aromatic carbocycles. The molecule has 2 aromatic rings. The topological polar surface area (TPSA) is 41.1 Å². The highest BCUT2D eigenvalue weighted by atomic mass is 19.1. The summed E-state index contributed by atoms with van der Waals surface area (Å²) in [6.07, 6.45) is 9.33. The molecule has 0 aliphatic carbocycles. The summed E-state index contributed by atoms with van der Waals surface area (Å²) < 4.78 is 23.4.